The van der Waals surface area contributed by atoms with E-state index in [0.717, 1.165) is 22.2 Å². The maximum absolute atomic E-state index is 5.71. The van der Waals surface area contributed by atoms with Crippen LogP contribution in [0.3, 0.4) is 0 Å². The lowest BCUT2D eigenvalue weighted by molar-refractivity contribution is 1.04. The van der Waals surface area contributed by atoms with E-state index in [4.69, 9.17) is 11.6 Å². The van der Waals surface area contributed by atoms with Crippen molar-refractivity contribution in [1.29, 1.82) is 0 Å². The quantitative estimate of drug-likeness (QED) is 0.656. The molecule has 0 aliphatic heterocycles. The number of aromatic nitrogens is 3. The Morgan fingerprint density at radius 3 is 2.71 bits per heavy atom. The Bertz CT molecular complexity index is 665. The maximum atomic E-state index is 5.71. The van der Waals surface area contributed by atoms with Gasteiger partial charge in [0.25, 0.3) is 0 Å². The lowest BCUT2D eigenvalue weighted by Gasteiger charge is -2.01. The highest BCUT2D eigenvalue weighted by Crippen LogP contribution is 2.21. The number of nitrogens with zero attached hydrogens (tertiary/aromatic N) is 3. The zero-order valence-corrected chi connectivity index (χ0v) is 9.59. The van der Waals surface area contributed by atoms with Crippen molar-refractivity contribution < 1.29 is 0 Å². The van der Waals surface area contributed by atoms with Crippen molar-refractivity contribution in [2.24, 2.45) is 0 Å². The Labute approximate surface area is 103 Å². The molecule has 0 bridgehead atoms. The first-order valence-electron chi connectivity index (χ1n) is 5.17. The molecule has 0 spiro atoms. The fourth-order valence-corrected chi connectivity index (χ4v) is 1.80. The van der Waals surface area contributed by atoms with Crippen LogP contribution in [0.15, 0.2) is 48.7 Å². The molecule has 4 heteroatoms. The molecular formula is C13H8ClN3. The van der Waals surface area contributed by atoms with Crippen molar-refractivity contribution >= 4 is 22.5 Å². The van der Waals surface area contributed by atoms with Crippen LogP contribution >= 0.6 is 11.6 Å². The summed E-state index contributed by atoms with van der Waals surface area (Å²) < 4.78 is 0. The van der Waals surface area contributed by atoms with Gasteiger partial charge in [-0.05, 0) is 24.3 Å². The molecule has 17 heavy (non-hydrogen) atoms. The molecule has 0 atom stereocenters. The molecule has 0 aliphatic rings. The molecule has 82 valence electrons. The first-order valence-corrected chi connectivity index (χ1v) is 5.55. The van der Waals surface area contributed by atoms with Gasteiger partial charge in [0.1, 0.15) is 0 Å². The van der Waals surface area contributed by atoms with Gasteiger partial charge in [-0.25, -0.2) is 0 Å². The highest BCUT2D eigenvalue weighted by atomic mass is 35.5. The minimum atomic E-state index is 0.396. The van der Waals surface area contributed by atoms with E-state index in [1.165, 1.54) is 0 Å². The number of pyridine rings is 1. The van der Waals surface area contributed by atoms with Crippen LogP contribution in [0.2, 0.25) is 5.15 Å². The fraction of sp³-hybridized carbons (Fsp3) is 0. The molecular weight excluding hydrogens is 234 g/mol. The predicted molar refractivity (Wildman–Crippen MR) is 67.8 cm³/mol. The van der Waals surface area contributed by atoms with Crippen molar-refractivity contribution in [2.75, 3.05) is 0 Å². The SMILES string of the molecule is Clc1ccc(-c2ccc3cccnc3c2)nn1. The average Bonchev–Trinajstić information content (AvgIpc) is 2.39. The molecule has 0 fully saturated rings. The first kappa shape index (κ1) is 10.2. The number of fused-ring (bicyclic) bond motifs is 1. The molecule has 0 amide bonds. The van der Waals surface area contributed by atoms with E-state index in [2.05, 4.69) is 15.2 Å². The number of hydrogen-bond acceptors (Lipinski definition) is 3. The highest BCUT2D eigenvalue weighted by molar-refractivity contribution is 6.29. The molecule has 2 aromatic heterocycles. The Hall–Kier alpha value is -2.00. The van der Waals surface area contributed by atoms with E-state index in [-0.39, 0.29) is 0 Å². The smallest absolute Gasteiger partial charge is 0.151 e. The standard InChI is InChI=1S/C13H8ClN3/c14-13-6-5-11(16-17-13)10-4-3-9-2-1-7-15-12(9)8-10/h1-8H. The number of halogens is 1. The van der Waals surface area contributed by atoms with Crippen molar-refractivity contribution in [2.45, 2.75) is 0 Å². The summed E-state index contributed by atoms with van der Waals surface area (Å²) in [5, 5.41) is 9.38. The molecule has 0 saturated heterocycles. The van der Waals surface area contributed by atoms with Crippen molar-refractivity contribution in [1.82, 2.24) is 15.2 Å². The monoisotopic (exact) mass is 241 g/mol. The van der Waals surface area contributed by atoms with Gasteiger partial charge in [0.05, 0.1) is 11.2 Å². The second-order valence-electron chi connectivity index (χ2n) is 3.65. The highest BCUT2D eigenvalue weighted by Gasteiger charge is 2.02. The summed E-state index contributed by atoms with van der Waals surface area (Å²) in [6.45, 7) is 0. The van der Waals surface area contributed by atoms with E-state index in [1.807, 2.05) is 36.4 Å². The zero-order chi connectivity index (χ0) is 11.7. The van der Waals surface area contributed by atoms with Crippen molar-refractivity contribution in [3.63, 3.8) is 0 Å². The normalized spacial score (nSPS) is 10.6. The van der Waals surface area contributed by atoms with Gasteiger partial charge in [-0.1, -0.05) is 29.8 Å². The Morgan fingerprint density at radius 1 is 0.941 bits per heavy atom. The summed E-state index contributed by atoms with van der Waals surface area (Å²) in [7, 11) is 0. The maximum Gasteiger partial charge on any atom is 0.151 e. The summed E-state index contributed by atoms with van der Waals surface area (Å²) in [6, 6.07) is 13.5. The van der Waals surface area contributed by atoms with Crippen LogP contribution in [0.1, 0.15) is 0 Å². The minimum absolute atomic E-state index is 0.396. The molecule has 2 heterocycles. The van der Waals surface area contributed by atoms with Crippen molar-refractivity contribution in [3.05, 3.63) is 53.8 Å². The molecule has 3 rings (SSSR count). The largest absolute Gasteiger partial charge is 0.256 e. The Balaban J connectivity index is 2.14. The minimum Gasteiger partial charge on any atom is -0.256 e. The predicted octanol–water partition coefficient (Wildman–Crippen LogP) is 3.35. The molecule has 0 unspecified atom stereocenters. The van der Waals surface area contributed by atoms with Gasteiger partial charge in [0, 0.05) is 17.1 Å². The summed E-state index contributed by atoms with van der Waals surface area (Å²) in [5.41, 5.74) is 2.73. The van der Waals surface area contributed by atoms with Gasteiger partial charge in [-0.3, -0.25) is 4.98 Å². The Kier molecular flexibility index (Phi) is 2.46. The van der Waals surface area contributed by atoms with E-state index in [1.54, 1.807) is 12.3 Å². The molecule has 0 radical (unpaired) electrons. The molecule has 0 aliphatic carbocycles. The van der Waals surface area contributed by atoms with E-state index >= 15 is 0 Å². The van der Waals surface area contributed by atoms with Crippen LogP contribution in [-0.4, -0.2) is 15.2 Å². The van der Waals surface area contributed by atoms with Crippen LogP contribution in [0.4, 0.5) is 0 Å². The topological polar surface area (TPSA) is 38.7 Å². The summed E-state index contributed by atoms with van der Waals surface area (Å²) in [5.74, 6) is 0. The van der Waals surface area contributed by atoms with Gasteiger partial charge in [-0.15, -0.1) is 10.2 Å². The number of hydrogen-bond donors (Lipinski definition) is 0. The summed E-state index contributed by atoms with van der Waals surface area (Å²) in [4.78, 5) is 4.31. The van der Waals surface area contributed by atoms with Gasteiger partial charge in [-0.2, -0.15) is 0 Å². The molecule has 3 nitrogen and oxygen atoms in total. The van der Waals surface area contributed by atoms with E-state index in [0.29, 0.717) is 5.15 Å². The average molecular weight is 242 g/mol. The van der Waals surface area contributed by atoms with Crippen LogP contribution in [-0.2, 0) is 0 Å². The molecule has 0 saturated carbocycles. The van der Waals surface area contributed by atoms with Crippen LogP contribution in [0.25, 0.3) is 22.2 Å². The lowest BCUT2D eigenvalue weighted by Crippen LogP contribution is -1.87. The second-order valence-corrected chi connectivity index (χ2v) is 4.04. The zero-order valence-electron chi connectivity index (χ0n) is 8.84. The first-order chi connectivity index (χ1) is 8.33. The third kappa shape index (κ3) is 1.97. The summed E-state index contributed by atoms with van der Waals surface area (Å²) >= 11 is 5.71. The van der Waals surface area contributed by atoms with Crippen LogP contribution in [0, 0.1) is 0 Å². The van der Waals surface area contributed by atoms with Crippen LogP contribution in [0.5, 0.6) is 0 Å². The molecule has 1 aromatic carbocycles. The van der Waals surface area contributed by atoms with Crippen LogP contribution < -0.4 is 0 Å². The molecule has 0 N–H and O–H groups in total. The summed E-state index contributed by atoms with van der Waals surface area (Å²) in [6.07, 6.45) is 1.78. The third-order valence-corrected chi connectivity index (χ3v) is 2.74. The van der Waals surface area contributed by atoms with E-state index in [9.17, 15) is 0 Å². The number of benzene rings is 1. The van der Waals surface area contributed by atoms with Gasteiger partial charge >= 0.3 is 0 Å². The van der Waals surface area contributed by atoms with Gasteiger partial charge in [0.15, 0.2) is 5.15 Å². The van der Waals surface area contributed by atoms with E-state index < -0.39 is 0 Å². The second kappa shape index (κ2) is 4.11. The third-order valence-electron chi connectivity index (χ3n) is 2.53. The number of rotatable bonds is 1. The van der Waals surface area contributed by atoms with Crippen molar-refractivity contribution in [3.8, 4) is 11.3 Å². The lowest BCUT2D eigenvalue weighted by atomic mass is 10.1. The Morgan fingerprint density at radius 2 is 1.88 bits per heavy atom. The van der Waals surface area contributed by atoms with Gasteiger partial charge < -0.3 is 0 Å². The van der Waals surface area contributed by atoms with Gasteiger partial charge in [0.2, 0.25) is 0 Å². The molecule has 3 aromatic rings. The fourth-order valence-electron chi connectivity index (χ4n) is 1.70.